The van der Waals surface area contributed by atoms with E-state index in [-0.39, 0.29) is 0 Å². The summed E-state index contributed by atoms with van der Waals surface area (Å²) in [6, 6.07) is 6.36. The van der Waals surface area contributed by atoms with Crippen molar-refractivity contribution in [1.29, 1.82) is 0 Å². The van der Waals surface area contributed by atoms with E-state index in [1.807, 2.05) is 0 Å². The maximum atomic E-state index is 5.06. The lowest BCUT2D eigenvalue weighted by molar-refractivity contribution is 0.201. The number of ether oxygens (including phenoxy) is 1. The summed E-state index contributed by atoms with van der Waals surface area (Å²) in [6.45, 7) is 1.72. The molecule has 0 amide bonds. The number of hydrogen-bond donors (Lipinski definition) is 1. The summed E-state index contributed by atoms with van der Waals surface area (Å²) in [5, 5.41) is 4.15. The monoisotopic (exact) mass is 343 g/mol. The van der Waals surface area contributed by atoms with Crippen LogP contribution in [0.3, 0.4) is 0 Å². The number of benzene rings is 1. The third-order valence-corrected chi connectivity index (χ3v) is 5.03. The van der Waals surface area contributed by atoms with Crippen LogP contribution in [-0.4, -0.2) is 32.6 Å². The zero-order chi connectivity index (χ0) is 16.4. The molecule has 3 aromatic rings. The SMILES string of the molecule is COCCc1nsc(Nc2ccc3c(c2)nc2n3CCCCC2)n1. The highest BCUT2D eigenvalue weighted by Gasteiger charge is 2.14. The van der Waals surface area contributed by atoms with Crippen molar-refractivity contribution in [2.75, 3.05) is 19.0 Å². The first-order chi connectivity index (χ1) is 11.8. The average molecular weight is 343 g/mol. The van der Waals surface area contributed by atoms with Gasteiger partial charge in [-0.3, -0.25) is 0 Å². The normalized spacial score (nSPS) is 14.5. The fourth-order valence-corrected chi connectivity index (χ4v) is 3.78. The number of fused-ring (bicyclic) bond motifs is 3. The van der Waals surface area contributed by atoms with Gasteiger partial charge in [0.1, 0.15) is 11.6 Å². The van der Waals surface area contributed by atoms with E-state index in [0.29, 0.717) is 6.61 Å². The lowest BCUT2D eigenvalue weighted by Gasteiger charge is -2.05. The number of aryl methyl sites for hydroxylation is 2. The molecule has 0 spiro atoms. The van der Waals surface area contributed by atoms with Gasteiger partial charge in [-0.2, -0.15) is 4.37 Å². The molecular weight excluding hydrogens is 322 g/mol. The summed E-state index contributed by atoms with van der Waals surface area (Å²) >= 11 is 1.38. The number of nitrogens with one attached hydrogen (secondary N) is 1. The van der Waals surface area contributed by atoms with Crippen molar-refractivity contribution in [3.8, 4) is 0 Å². The van der Waals surface area contributed by atoms with Crippen LogP contribution in [0.5, 0.6) is 0 Å². The molecule has 1 N–H and O–H groups in total. The van der Waals surface area contributed by atoms with E-state index in [4.69, 9.17) is 9.72 Å². The van der Waals surface area contributed by atoms with Crippen molar-refractivity contribution in [3.05, 3.63) is 29.8 Å². The van der Waals surface area contributed by atoms with Gasteiger partial charge in [-0.25, -0.2) is 9.97 Å². The Morgan fingerprint density at radius 3 is 3.12 bits per heavy atom. The molecular formula is C17H21N5OS. The Balaban J connectivity index is 1.55. The molecule has 24 heavy (non-hydrogen) atoms. The van der Waals surface area contributed by atoms with Gasteiger partial charge in [-0.1, -0.05) is 6.42 Å². The van der Waals surface area contributed by atoms with E-state index in [0.717, 1.165) is 41.5 Å². The summed E-state index contributed by atoms with van der Waals surface area (Å²) in [5.74, 6) is 2.04. The van der Waals surface area contributed by atoms with Crippen molar-refractivity contribution < 1.29 is 4.74 Å². The maximum absolute atomic E-state index is 5.06. The van der Waals surface area contributed by atoms with Gasteiger partial charge in [0.05, 0.1) is 17.6 Å². The molecule has 7 heteroatoms. The van der Waals surface area contributed by atoms with Crippen LogP contribution >= 0.6 is 11.5 Å². The summed E-state index contributed by atoms with van der Waals surface area (Å²) in [5.41, 5.74) is 3.29. The van der Waals surface area contributed by atoms with Crippen LogP contribution in [-0.2, 0) is 24.1 Å². The summed E-state index contributed by atoms with van der Waals surface area (Å²) in [7, 11) is 1.69. The van der Waals surface area contributed by atoms with Crippen LogP contribution in [0.1, 0.15) is 30.9 Å². The fourth-order valence-electron chi connectivity index (χ4n) is 3.15. The van der Waals surface area contributed by atoms with Crippen LogP contribution < -0.4 is 5.32 Å². The first-order valence-electron chi connectivity index (χ1n) is 8.41. The molecule has 6 nitrogen and oxygen atoms in total. The Kier molecular flexibility index (Phi) is 4.44. The lowest BCUT2D eigenvalue weighted by Crippen LogP contribution is -2.00. The number of hydrogen-bond acceptors (Lipinski definition) is 6. The van der Waals surface area contributed by atoms with Gasteiger partial charge in [0.2, 0.25) is 5.13 Å². The molecule has 4 rings (SSSR count). The van der Waals surface area contributed by atoms with E-state index in [1.165, 1.54) is 42.1 Å². The Hall–Kier alpha value is -1.99. The molecule has 0 radical (unpaired) electrons. The molecule has 126 valence electrons. The van der Waals surface area contributed by atoms with Gasteiger partial charge >= 0.3 is 0 Å². The number of anilines is 2. The highest BCUT2D eigenvalue weighted by Crippen LogP contribution is 2.26. The molecule has 0 unspecified atom stereocenters. The Morgan fingerprint density at radius 1 is 1.25 bits per heavy atom. The molecule has 1 aliphatic heterocycles. The summed E-state index contributed by atoms with van der Waals surface area (Å²) < 4.78 is 11.8. The van der Waals surface area contributed by atoms with Crippen molar-refractivity contribution in [3.63, 3.8) is 0 Å². The molecule has 1 aliphatic rings. The average Bonchev–Trinajstić information content (AvgIpc) is 3.10. The smallest absolute Gasteiger partial charge is 0.207 e. The number of aromatic nitrogens is 4. The second-order valence-corrected chi connectivity index (χ2v) is 6.83. The minimum Gasteiger partial charge on any atom is -0.384 e. The predicted octanol–water partition coefficient (Wildman–Crippen LogP) is 3.55. The molecule has 2 aromatic heterocycles. The Morgan fingerprint density at radius 2 is 2.21 bits per heavy atom. The molecule has 0 aliphatic carbocycles. The standard InChI is InChI=1S/C17H21N5OS/c1-23-10-8-15-20-17(24-21-15)18-12-6-7-14-13(11-12)19-16-5-3-2-4-9-22(14)16/h6-7,11H,2-5,8-10H2,1H3,(H,18,20,21). The van der Waals surface area contributed by atoms with Crippen LogP contribution in [0.25, 0.3) is 11.0 Å². The van der Waals surface area contributed by atoms with Gasteiger partial charge in [0.25, 0.3) is 0 Å². The van der Waals surface area contributed by atoms with Gasteiger partial charge < -0.3 is 14.6 Å². The van der Waals surface area contributed by atoms with Crippen LogP contribution in [0, 0.1) is 0 Å². The molecule has 1 aromatic carbocycles. The molecule has 0 bridgehead atoms. The molecule has 3 heterocycles. The van der Waals surface area contributed by atoms with Crippen molar-refractivity contribution >= 4 is 33.4 Å². The van der Waals surface area contributed by atoms with Gasteiger partial charge in [0, 0.05) is 43.7 Å². The number of imidazole rings is 1. The minimum atomic E-state index is 0.641. The van der Waals surface area contributed by atoms with Gasteiger partial charge in [-0.05, 0) is 31.0 Å². The van der Waals surface area contributed by atoms with Crippen LogP contribution in [0.2, 0.25) is 0 Å². The van der Waals surface area contributed by atoms with E-state index in [1.54, 1.807) is 7.11 Å². The number of rotatable bonds is 5. The Labute approximate surface area is 145 Å². The highest BCUT2D eigenvalue weighted by atomic mass is 32.1. The van der Waals surface area contributed by atoms with Crippen molar-refractivity contribution in [2.24, 2.45) is 0 Å². The van der Waals surface area contributed by atoms with E-state index in [9.17, 15) is 0 Å². The molecule has 0 saturated heterocycles. The van der Waals surface area contributed by atoms with Crippen LogP contribution in [0.4, 0.5) is 10.8 Å². The zero-order valence-electron chi connectivity index (χ0n) is 13.8. The van der Waals surface area contributed by atoms with Crippen molar-refractivity contribution in [2.45, 2.75) is 38.6 Å². The molecule has 0 saturated carbocycles. The fraction of sp³-hybridized carbons (Fsp3) is 0.471. The third-order valence-electron chi connectivity index (χ3n) is 4.36. The predicted molar refractivity (Wildman–Crippen MR) is 96.1 cm³/mol. The van der Waals surface area contributed by atoms with E-state index in [2.05, 4.69) is 37.4 Å². The number of nitrogens with zero attached hydrogens (tertiary/aromatic N) is 4. The minimum absolute atomic E-state index is 0.641. The first-order valence-corrected chi connectivity index (χ1v) is 9.18. The lowest BCUT2D eigenvalue weighted by atomic mass is 10.2. The topological polar surface area (TPSA) is 64.9 Å². The van der Waals surface area contributed by atoms with E-state index < -0.39 is 0 Å². The van der Waals surface area contributed by atoms with E-state index >= 15 is 0 Å². The highest BCUT2D eigenvalue weighted by molar-refractivity contribution is 7.09. The first kappa shape index (κ1) is 15.5. The van der Waals surface area contributed by atoms with Gasteiger partial charge in [0.15, 0.2) is 0 Å². The van der Waals surface area contributed by atoms with Crippen LogP contribution in [0.15, 0.2) is 18.2 Å². The van der Waals surface area contributed by atoms with Crippen molar-refractivity contribution in [1.82, 2.24) is 18.9 Å². The maximum Gasteiger partial charge on any atom is 0.207 e. The summed E-state index contributed by atoms with van der Waals surface area (Å²) in [6.07, 6.45) is 5.60. The largest absolute Gasteiger partial charge is 0.384 e. The summed E-state index contributed by atoms with van der Waals surface area (Å²) in [4.78, 5) is 9.33. The quantitative estimate of drug-likeness (QED) is 0.767. The second-order valence-electron chi connectivity index (χ2n) is 6.08. The molecule has 0 fully saturated rings. The number of methoxy groups -OCH3 is 1. The van der Waals surface area contributed by atoms with Gasteiger partial charge in [-0.15, -0.1) is 0 Å². The Bertz CT molecular complexity index is 841. The molecule has 0 atom stereocenters. The third kappa shape index (κ3) is 3.14. The zero-order valence-corrected chi connectivity index (χ0v) is 14.6. The second kappa shape index (κ2) is 6.86.